The van der Waals surface area contributed by atoms with Gasteiger partial charge in [-0.15, -0.1) is 0 Å². The topological polar surface area (TPSA) is 50.3 Å². The zero-order valence-electron chi connectivity index (χ0n) is 13.7. The standard InChI is InChI=1S/C15H28N4O/c1-7-9-16-14-12(4)15(18-13(5)17-14)19(8-2)11(3)10-20-6/h11H,7-10H2,1-6H3,(H,16,17,18). The van der Waals surface area contributed by atoms with Crippen LogP contribution in [-0.4, -0.2) is 42.8 Å². The molecular formula is C15H28N4O. The zero-order valence-corrected chi connectivity index (χ0v) is 13.7. The van der Waals surface area contributed by atoms with Crippen LogP contribution in [0, 0.1) is 13.8 Å². The number of likely N-dealkylation sites (N-methyl/N-ethyl adjacent to an activating group) is 1. The number of nitrogens with zero attached hydrogens (tertiary/aromatic N) is 3. The predicted molar refractivity (Wildman–Crippen MR) is 84.6 cm³/mol. The second-order valence-corrected chi connectivity index (χ2v) is 5.09. The molecule has 1 N–H and O–H groups in total. The van der Waals surface area contributed by atoms with E-state index in [1.807, 2.05) is 6.92 Å². The Morgan fingerprint density at radius 1 is 1.25 bits per heavy atom. The van der Waals surface area contributed by atoms with Crippen LogP contribution in [-0.2, 0) is 4.74 Å². The molecule has 1 heterocycles. The Hall–Kier alpha value is -1.36. The number of ether oxygens (including phenoxy) is 1. The zero-order chi connectivity index (χ0) is 15.1. The lowest BCUT2D eigenvalue weighted by molar-refractivity contribution is 0.181. The maximum atomic E-state index is 5.27. The van der Waals surface area contributed by atoms with Gasteiger partial charge in [0.05, 0.1) is 12.6 Å². The van der Waals surface area contributed by atoms with E-state index in [4.69, 9.17) is 4.74 Å². The molecule has 20 heavy (non-hydrogen) atoms. The average Bonchev–Trinajstić information content (AvgIpc) is 2.41. The van der Waals surface area contributed by atoms with E-state index in [9.17, 15) is 0 Å². The Labute approximate surface area is 122 Å². The summed E-state index contributed by atoms with van der Waals surface area (Å²) >= 11 is 0. The van der Waals surface area contributed by atoms with Gasteiger partial charge >= 0.3 is 0 Å². The first-order valence-electron chi connectivity index (χ1n) is 7.39. The molecule has 0 radical (unpaired) electrons. The fourth-order valence-corrected chi connectivity index (χ4v) is 2.31. The van der Waals surface area contributed by atoms with Gasteiger partial charge in [-0.1, -0.05) is 6.92 Å². The van der Waals surface area contributed by atoms with Gasteiger partial charge in [0, 0.05) is 25.8 Å². The molecule has 0 aliphatic carbocycles. The third kappa shape index (κ3) is 4.07. The van der Waals surface area contributed by atoms with E-state index in [2.05, 4.69) is 47.9 Å². The molecule has 0 saturated heterocycles. The first-order valence-corrected chi connectivity index (χ1v) is 7.39. The third-order valence-corrected chi connectivity index (χ3v) is 3.33. The minimum atomic E-state index is 0.289. The Kier molecular flexibility index (Phi) is 6.71. The lowest BCUT2D eigenvalue weighted by Crippen LogP contribution is -2.37. The summed E-state index contributed by atoms with van der Waals surface area (Å²) in [7, 11) is 1.73. The quantitative estimate of drug-likeness (QED) is 0.793. The number of hydrogen-bond donors (Lipinski definition) is 1. The molecule has 0 aromatic carbocycles. The monoisotopic (exact) mass is 280 g/mol. The van der Waals surface area contributed by atoms with Crippen molar-refractivity contribution < 1.29 is 4.74 Å². The van der Waals surface area contributed by atoms with Gasteiger partial charge in [-0.2, -0.15) is 0 Å². The molecule has 1 rings (SSSR count). The van der Waals surface area contributed by atoms with Crippen molar-refractivity contribution in [3.63, 3.8) is 0 Å². The Morgan fingerprint density at radius 3 is 2.50 bits per heavy atom. The van der Waals surface area contributed by atoms with Crippen LogP contribution < -0.4 is 10.2 Å². The number of aryl methyl sites for hydroxylation is 1. The normalized spacial score (nSPS) is 12.3. The van der Waals surface area contributed by atoms with Gasteiger partial charge in [0.2, 0.25) is 0 Å². The molecule has 114 valence electrons. The van der Waals surface area contributed by atoms with E-state index in [0.29, 0.717) is 6.61 Å². The van der Waals surface area contributed by atoms with Gasteiger partial charge in [0.1, 0.15) is 17.5 Å². The highest BCUT2D eigenvalue weighted by molar-refractivity contribution is 5.59. The summed E-state index contributed by atoms with van der Waals surface area (Å²) < 4.78 is 5.27. The maximum absolute atomic E-state index is 5.27. The molecule has 5 nitrogen and oxygen atoms in total. The van der Waals surface area contributed by atoms with E-state index >= 15 is 0 Å². The fourth-order valence-electron chi connectivity index (χ4n) is 2.31. The first-order chi connectivity index (χ1) is 9.54. The van der Waals surface area contributed by atoms with Crippen molar-refractivity contribution in [3.8, 4) is 0 Å². The molecule has 1 atom stereocenters. The van der Waals surface area contributed by atoms with E-state index in [1.54, 1.807) is 7.11 Å². The minimum absolute atomic E-state index is 0.289. The molecule has 1 unspecified atom stereocenters. The third-order valence-electron chi connectivity index (χ3n) is 3.33. The lowest BCUT2D eigenvalue weighted by Gasteiger charge is -2.30. The molecule has 1 aromatic rings. The Bertz CT molecular complexity index is 423. The molecule has 0 aliphatic rings. The number of rotatable bonds is 8. The number of nitrogens with one attached hydrogen (secondary N) is 1. The van der Waals surface area contributed by atoms with Gasteiger partial charge in [-0.05, 0) is 34.1 Å². The highest BCUT2D eigenvalue weighted by atomic mass is 16.5. The van der Waals surface area contributed by atoms with Crippen LogP contribution in [0.3, 0.4) is 0 Å². The summed E-state index contributed by atoms with van der Waals surface area (Å²) in [6.45, 7) is 13.0. The van der Waals surface area contributed by atoms with Crippen LogP contribution >= 0.6 is 0 Å². The lowest BCUT2D eigenvalue weighted by atomic mass is 10.2. The van der Waals surface area contributed by atoms with E-state index in [1.165, 1.54) is 0 Å². The summed E-state index contributed by atoms with van der Waals surface area (Å²) in [5.74, 6) is 2.74. The van der Waals surface area contributed by atoms with Crippen LogP contribution in [0.25, 0.3) is 0 Å². The Balaban J connectivity index is 3.11. The molecule has 0 bridgehead atoms. The largest absolute Gasteiger partial charge is 0.383 e. The molecule has 1 aromatic heterocycles. The fraction of sp³-hybridized carbons (Fsp3) is 0.733. The van der Waals surface area contributed by atoms with Crippen molar-refractivity contribution >= 4 is 11.6 Å². The van der Waals surface area contributed by atoms with Gasteiger partial charge < -0.3 is 15.0 Å². The average molecular weight is 280 g/mol. The molecule has 0 spiro atoms. The number of hydrogen-bond acceptors (Lipinski definition) is 5. The number of aromatic nitrogens is 2. The molecule has 5 heteroatoms. The number of anilines is 2. The van der Waals surface area contributed by atoms with Crippen molar-refractivity contribution in [1.82, 2.24) is 9.97 Å². The smallest absolute Gasteiger partial charge is 0.137 e. The number of methoxy groups -OCH3 is 1. The van der Waals surface area contributed by atoms with Gasteiger partial charge in [-0.3, -0.25) is 0 Å². The first kappa shape index (κ1) is 16.7. The van der Waals surface area contributed by atoms with E-state index in [0.717, 1.165) is 42.5 Å². The second-order valence-electron chi connectivity index (χ2n) is 5.09. The summed E-state index contributed by atoms with van der Waals surface area (Å²) in [4.78, 5) is 11.4. The van der Waals surface area contributed by atoms with Crippen LogP contribution in [0.15, 0.2) is 0 Å². The van der Waals surface area contributed by atoms with Crippen molar-refractivity contribution in [2.45, 2.75) is 47.1 Å². The summed E-state index contributed by atoms with van der Waals surface area (Å²) in [5, 5.41) is 3.38. The summed E-state index contributed by atoms with van der Waals surface area (Å²) in [6.07, 6.45) is 1.08. The summed E-state index contributed by atoms with van der Waals surface area (Å²) in [5.41, 5.74) is 1.11. The predicted octanol–water partition coefficient (Wildman–Crippen LogP) is 2.78. The Morgan fingerprint density at radius 2 is 1.95 bits per heavy atom. The molecular weight excluding hydrogens is 252 g/mol. The van der Waals surface area contributed by atoms with Crippen molar-refractivity contribution in [1.29, 1.82) is 0 Å². The van der Waals surface area contributed by atoms with Gasteiger partial charge in [-0.25, -0.2) is 9.97 Å². The van der Waals surface area contributed by atoms with E-state index < -0.39 is 0 Å². The molecule has 0 amide bonds. The van der Waals surface area contributed by atoms with Gasteiger partial charge in [0.25, 0.3) is 0 Å². The van der Waals surface area contributed by atoms with Gasteiger partial charge in [0.15, 0.2) is 0 Å². The van der Waals surface area contributed by atoms with Crippen LogP contribution in [0.4, 0.5) is 11.6 Å². The SMILES string of the molecule is CCCNc1nc(C)nc(N(CC)C(C)COC)c1C. The summed E-state index contributed by atoms with van der Waals surface area (Å²) in [6, 6.07) is 0.289. The van der Waals surface area contributed by atoms with Crippen LogP contribution in [0.5, 0.6) is 0 Å². The second kappa shape index (κ2) is 8.04. The maximum Gasteiger partial charge on any atom is 0.137 e. The van der Waals surface area contributed by atoms with Crippen LogP contribution in [0.1, 0.15) is 38.6 Å². The molecule has 0 aliphatic heterocycles. The highest BCUT2D eigenvalue weighted by Gasteiger charge is 2.19. The van der Waals surface area contributed by atoms with Crippen molar-refractivity contribution in [2.24, 2.45) is 0 Å². The van der Waals surface area contributed by atoms with Crippen molar-refractivity contribution in [3.05, 3.63) is 11.4 Å². The van der Waals surface area contributed by atoms with E-state index in [-0.39, 0.29) is 6.04 Å². The molecule has 0 saturated carbocycles. The highest BCUT2D eigenvalue weighted by Crippen LogP contribution is 2.25. The van der Waals surface area contributed by atoms with Crippen LogP contribution in [0.2, 0.25) is 0 Å². The molecule has 0 fully saturated rings. The van der Waals surface area contributed by atoms with Crippen molar-refractivity contribution in [2.75, 3.05) is 37.0 Å². The minimum Gasteiger partial charge on any atom is -0.383 e.